The minimum absolute atomic E-state index is 0.573. The fourth-order valence-corrected chi connectivity index (χ4v) is 2.02. The van der Waals surface area contributed by atoms with Gasteiger partial charge in [0.2, 0.25) is 0 Å². The summed E-state index contributed by atoms with van der Waals surface area (Å²) < 4.78 is 5.55. The first-order valence-corrected chi connectivity index (χ1v) is 6.90. The van der Waals surface area contributed by atoms with Crippen LogP contribution in [0, 0.1) is 5.92 Å². The summed E-state index contributed by atoms with van der Waals surface area (Å²) in [4.78, 5) is 4.31. The number of hydrogen-bond donors (Lipinski definition) is 1. The van der Waals surface area contributed by atoms with E-state index in [1.165, 1.54) is 0 Å². The van der Waals surface area contributed by atoms with Crippen LogP contribution in [0.5, 0.6) is 0 Å². The Morgan fingerprint density at radius 3 is 2.95 bits per heavy atom. The Kier molecular flexibility index (Phi) is 5.00. The van der Waals surface area contributed by atoms with E-state index in [4.69, 9.17) is 16.3 Å². The predicted molar refractivity (Wildman–Crippen MR) is 80.9 cm³/mol. The van der Waals surface area contributed by atoms with E-state index in [9.17, 15) is 0 Å². The first kappa shape index (κ1) is 14.1. The van der Waals surface area contributed by atoms with Gasteiger partial charge >= 0.3 is 0 Å². The lowest BCUT2D eigenvalue weighted by Crippen LogP contribution is -2.12. The van der Waals surface area contributed by atoms with Crippen LogP contribution >= 0.6 is 11.6 Å². The van der Waals surface area contributed by atoms with E-state index in [1.807, 2.05) is 24.3 Å². The van der Waals surface area contributed by atoms with Crippen LogP contribution in [-0.4, -0.2) is 24.7 Å². The number of pyridine rings is 1. The normalized spacial score (nSPS) is 11.2. The van der Waals surface area contributed by atoms with Crippen LogP contribution in [0.2, 0.25) is 5.02 Å². The highest BCUT2D eigenvalue weighted by Gasteiger charge is 2.02. The number of hydrogen-bond acceptors (Lipinski definition) is 3. The van der Waals surface area contributed by atoms with Crippen molar-refractivity contribution in [2.24, 2.45) is 5.92 Å². The summed E-state index contributed by atoms with van der Waals surface area (Å²) in [5.41, 5.74) is 1.97. The zero-order valence-corrected chi connectivity index (χ0v) is 12.1. The molecule has 2 aromatic rings. The third kappa shape index (κ3) is 4.08. The third-order valence-electron chi connectivity index (χ3n) is 2.72. The van der Waals surface area contributed by atoms with Gasteiger partial charge in [-0.2, -0.15) is 0 Å². The fraction of sp³-hybridized carbons (Fsp3) is 0.400. The molecule has 0 unspecified atom stereocenters. The van der Waals surface area contributed by atoms with E-state index in [-0.39, 0.29) is 0 Å². The lowest BCUT2D eigenvalue weighted by Gasteiger charge is -2.11. The van der Waals surface area contributed by atoms with E-state index < -0.39 is 0 Å². The Hall–Kier alpha value is -1.32. The number of ether oxygens (including phenoxy) is 1. The SMILES string of the molecule is CC(C)COCCNc1ccnc2cc(Cl)ccc12. The molecule has 2 rings (SSSR count). The highest BCUT2D eigenvalue weighted by Crippen LogP contribution is 2.24. The van der Waals surface area contributed by atoms with Gasteiger partial charge in [0.1, 0.15) is 0 Å². The fourth-order valence-electron chi connectivity index (χ4n) is 1.85. The second kappa shape index (κ2) is 6.73. The van der Waals surface area contributed by atoms with Crippen molar-refractivity contribution in [2.75, 3.05) is 25.1 Å². The second-order valence-electron chi connectivity index (χ2n) is 4.92. The molecule has 0 saturated heterocycles. The molecule has 1 aromatic carbocycles. The molecule has 4 heteroatoms. The number of rotatable bonds is 6. The molecular formula is C15H19ClN2O. The summed E-state index contributed by atoms with van der Waals surface area (Å²) in [5, 5.41) is 5.16. The van der Waals surface area contributed by atoms with Crippen molar-refractivity contribution in [3.63, 3.8) is 0 Å². The number of nitrogens with one attached hydrogen (secondary N) is 1. The van der Waals surface area contributed by atoms with E-state index in [2.05, 4.69) is 24.1 Å². The van der Waals surface area contributed by atoms with Gasteiger partial charge < -0.3 is 10.1 Å². The minimum atomic E-state index is 0.573. The Morgan fingerprint density at radius 1 is 1.32 bits per heavy atom. The highest BCUT2D eigenvalue weighted by molar-refractivity contribution is 6.31. The molecule has 0 amide bonds. The van der Waals surface area contributed by atoms with Crippen LogP contribution in [-0.2, 0) is 4.74 Å². The number of aromatic nitrogens is 1. The molecule has 102 valence electrons. The lowest BCUT2D eigenvalue weighted by molar-refractivity contribution is 0.118. The molecule has 0 atom stereocenters. The molecule has 0 fully saturated rings. The monoisotopic (exact) mass is 278 g/mol. The molecule has 0 spiro atoms. The minimum Gasteiger partial charge on any atom is -0.382 e. The quantitative estimate of drug-likeness (QED) is 0.812. The molecule has 19 heavy (non-hydrogen) atoms. The number of fused-ring (bicyclic) bond motifs is 1. The molecule has 0 radical (unpaired) electrons. The number of benzene rings is 1. The van der Waals surface area contributed by atoms with Gasteiger partial charge in [-0.3, -0.25) is 4.98 Å². The van der Waals surface area contributed by atoms with Crippen molar-refractivity contribution in [1.29, 1.82) is 0 Å². The van der Waals surface area contributed by atoms with Crippen molar-refractivity contribution in [2.45, 2.75) is 13.8 Å². The summed E-state index contributed by atoms with van der Waals surface area (Å²) in [6.07, 6.45) is 1.79. The molecular weight excluding hydrogens is 260 g/mol. The predicted octanol–water partition coefficient (Wildman–Crippen LogP) is 3.97. The maximum atomic E-state index is 5.97. The third-order valence-corrected chi connectivity index (χ3v) is 2.95. The van der Waals surface area contributed by atoms with E-state index in [1.54, 1.807) is 6.20 Å². The maximum absolute atomic E-state index is 5.97. The molecule has 0 aliphatic rings. The van der Waals surface area contributed by atoms with Gasteiger partial charge in [0.15, 0.2) is 0 Å². The van der Waals surface area contributed by atoms with Crippen molar-refractivity contribution in [1.82, 2.24) is 4.98 Å². The lowest BCUT2D eigenvalue weighted by atomic mass is 10.2. The average molecular weight is 279 g/mol. The summed E-state index contributed by atoms with van der Waals surface area (Å²) in [6, 6.07) is 7.71. The summed E-state index contributed by atoms with van der Waals surface area (Å²) in [5.74, 6) is 0.573. The topological polar surface area (TPSA) is 34.1 Å². The first-order chi connectivity index (χ1) is 9.16. The zero-order chi connectivity index (χ0) is 13.7. The van der Waals surface area contributed by atoms with Gasteiger partial charge in [-0.05, 0) is 30.2 Å². The van der Waals surface area contributed by atoms with Crippen LogP contribution < -0.4 is 5.32 Å². The van der Waals surface area contributed by atoms with Gasteiger partial charge in [-0.15, -0.1) is 0 Å². The van der Waals surface area contributed by atoms with Crippen LogP contribution in [0.3, 0.4) is 0 Å². The molecule has 0 aliphatic heterocycles. The van der Waals surface area contributed by atoms with E-state index >= 15 is 0 Å². The highest BCUT2D eigenvalue weighted by atomic mass is 35.5. The van der Waals surface area contributed by atoms with Crippen LogP contribution in [0.25, 0.3) is 10.9 Å². The Balaban J connectivity index is 1.97. The van der Waals surface area contributed by atoms with Gasteiger partial charge in [0, 0.05) is 35.4 Å². The zero-order valence-electron chi connectivity index (χ0n) is 11.3. The summed E-state index contributed by atoms with van der Waals surface area (Å²) >= 11 is 5.97. The van der Waals surface area contributed by atoms with Gasteiger partial charge in [0.05, 0.1) is 12.1 Å². The number of halogens is 1. The van der Waals surface area contributed by atoms with Gasteiger partial charge in [0.25, 0.3) is 0 Å². The maximum Gasteiger partial charge on any atom is 0.0737 e. The van der Waals surface area contributed by atoms with E-state index in [0.717, 1.165) is 29.7 Å². The van der Waals surface area contributed by atoms with Crippen molar-refractivity contribution in [3.05, 3.63) is 35.5 Å². The number of nitrogens with zero attached hydrogens (tertiary/aromatic N) is 1. The Labute approximate surface area is 118 Å². The molecule has 0 aliphatic carbocycles. The second-order valence-corrected chi connectivity index (χ2v) is 5.35. The Bertz CT molecular complexity index is 543. The molecule has 1 N–H and O–H groups in total. The molecule has 0 bridgehead atoms. The van der Waals surface area contributed by atoms with E-state index in [0.29, 0.717) is 17.5 Å². The molecule has 0 saturated carbocycles. The summed E-state index contributed by atoms with van der Waals surface area (Å²) in [7, 11) is 0. The average Bonchev–Trinajstić information content (AvgIpc) is 2.37. The molecule has 1 heterocycles. The van der Waals surface area contributed by atoms with Gasteiger partial charge in [-0.25, -0.2) is 0 Å². The van der Waals surface area contributed by atoms with Crippen molar-refractivity contribution in [3.8, 4) is 0 Å². The van der Waals surface area contributed by atoms with Crippen molar-refractivity contribution >= 4 is 28.2 Å². The molecule has 3 nitrogen and oxygen atoms in total. The Morgan fingerprint density at radius 2 is 2.16 bits per heavy atom. The smallest absolute Gasteiger partial charge is 0.0737 e. The van der Waals surface area contributed by atoms with Crippen LogP contribution in [0.15, 0.2) is 30.5 Å². The summed E-state index contributed by atoms with van der Waals surface area (Å²) in [6.45, 7) is 6.58. The molecule has 1 aromatic heterocycles. The standard InChI is InChI=1S/C15H19ClN2O/c1-11(2)10-19-8-7-18-14-5-6-17-15-9-12(16)3-4-13(14)15/h3-6,9,11H,7-8,10H2,1-2H3,(H,17,18). The largest absolute Gasteiger partial charge is 0.382 e. The van der Waals surface area contributed by atoms with Crippen LogP contribution in [0.1, 0.15) is 13.8 Å². The number of anilines is 1. The first-order valence-electron chi connectivity index (χ1n) is 6.52. The van der Waals surface area contributed by atoms with Crippen LogP contribution in [0.4, 0.5) is 5.69 Å². The van der Waals surface area contributed by atoms with Gasteiger partial charge in [-0.1, -0.05) is 25.4 Å². The van der Waals surface area contributed by atoms with Crippen molar-refractivity contribution < 1.29 is 4.74 Å².